The number of carbonyl (C=O) groups is 3. The van der Waals surface area contributed by atoms with Gasteiger partial charge in [0.05, 0.1) is 24.9 Å². The standard InChI is InChI=1S/C22H25NO6/c1-2-27-21(26)22(12-15-28-17-8-4-3-5-9-17)11-7-13-23(16-22)20(25)19(24)18-10-6-14-29-18/h3-6,8-10,14H,2,7,11-13,15-16H2,1H3. The average Bonchev–Trinajstić information content (AvgIpc) is 3.29. The van der Waals surface area contributed by atoms with Crippen LogP contribution in [0.25, 0.3) is 0 Å². The molecule has 1 atom stereocenters. The number of ketones is 1. The van der Waals surface area contributed by atoms with E-state index in [0.717, 1.165) is 0 Å². The van der Waals surface area contributed by atoms with Crippen molar-refractivity contribution in [2.45, 2.75) is 26.2 Å². The van der Waals surface area contributed by atoms with Gasteiger partial charge in [-0.05, 0) is 50.5 Å². The van der Waals surface area contributed by atoms with Gasteiger partial charge in [0, 0.05) is 13.1 Å². The molecule has 1 aromatic heterocycles. The molecule has 0 N–H and O–H groups in total. The molecule has 1 saturated heterocycles. The Morgan fingerprint density at radius 2 is 1.93 bits per heavy atom. The van der Waals surface area contributed by atoms with Crippen molar-refractivity contribution in [3.05, 3.63) is 54.5 Å². The number of hydrogen-bond acceptors (Lipinski definition) is 6. The molecule has 0 bridgehead atoms. The second-order valence-electron chi connectivity index (χ2n) is 7.05. The van der Waals surface area contributed by atoms with Crippen LogP contribution in [0.4, 0.5) is 0 Å². The molecule has 1 amide bonds. The summed E-state index contributed by atoms with van der Waals surface area (Å²) in [6.07, 6.45) is 2.91. The lowest BCUT2D eigenvalue weighted by molar-refractivity contribution is -0.161. The SMILES string of the molecule is CCOC(=O)C1(CCOc2ccccc2)CCCN(C(=O)C(=O)c2ccco2)C1. The molecule has 1 aliphatic rings. The molecule has 2 heterocycles. The molecule has 0 saturated carbocycles. The molecule has 0 spiro atoms. The molecule has 0 radical (unpaired) electrons. The Morgan fingerprint density at radius 3 is 2.62 bits per heavy atom. The Balaban J connectivity index is 1.71. The van der Waals surface area contributed by atoms with Gasteiger partial charge in [0.15, 0.2) is 5.76 Å². The van der Waals surface area contributed by atoms with Gasteiger partial charge in [0.2, 0.25) is 0 Å². The second kappa shape index (κ2) is 9.41. The van der Waals surface area contributed by atoms with Crippen LogP contribution in [-0.2, 0) is 14.3 Å². The van der Waals surface area contributed by atoms with E-state index in [1.54, 1.807) is 13.0 Å². The van der Waals surface area contributed by atoms with Crippen LogP contribution in [0.15, 0.2) is 53.1 Å². The molecule has 29 heavy (non-hydrogen) atoms. The van der Waals surface area contributed by atoms with Crippen LogP contribution in [0.1, 0.15) is 36.7 Å². The zero-order chi connectivity index (χ0) is 20.7. The number of carbonyl (C=O) groups excluding carboxylic acids is 3. The lowest BCUT2D eigenvalue weighted by Crippen LogP contribution is -2.52. The minimum absolute atomic E-state index is 0.00489. The Labute approximate surface area is 169 Å². The third kappa shape index (κ3) is 4.85. The van der Waals surface area contributed by atoms with E-state index in [4.69, 9.17) is 13.9 Å². The maximum absolute atomic E-state index is 12.8. The smallest absolute Gasteiger partial charge is 0.314 e. The number of likely N-dealkylation sites (tertiary alicyclic amines) is 1. The van der Waals surface area contributed by atoms with Crippen molar-refractivity contribution < 1.29 is 28.3 Å². The Morgan fingerprint density at radius 1 is 1.14 bits per heavy atom. The Bertz CT molecular complexity index is 832. The molecule has 7 heteroatoms. The molecule has 1 fully saturated rings. The van der Waals surface area contributed by atoms with Crippen molar-refractivity contribution in [3.63, 3.8) is 0 Å². The molecule has 2 aromatic rings. The number of nitrogens with zero attached hydrogens (tertiary/aromatic N) is 1. The topological polar surface area (TPSA) is 86.0 Å². The maximum atomic E-state index is 12.8. The van der Waals surface area contributed by atoms with Gasteiger partial charge < -0.3 is 18.8 Å². The van der Waals surface area contributed by atoms with Gasteiger partial charge in [-0.3, -0.25) is 14.4 Å². The van der Waals surface area contributed by atoms with Crippen LogP contribution in [0, 0.1) is 5.41 Å². The Hall–Kier alpha value is -3.09. The van der Waals surface area contributed by atoms with E-state index in [0.29, 0.717) is 38.2 Å². The lowest BCUT2D eigenvalue weighted by Gasteiger charge is -2.40. The van der Waals surface area contributed by atoms with Crippen LogP contribution in [0.5, 0.6) is 5.75 Å². The largest absolute Gasteiger partial charge is 0.494 e. The zero-order valence-electron chi connectivity index (χ0n) is 16.5. The number of amides is 1. The van der Waals surface area contributed by atoms with E-state index >= 15 is 0 Å². The van der Waals surface area contributed by atoms with E-state index in [1.165, 1.54) is 17.2 Å². The number of furan rings is 1. The summed E-state index contributed by atoms with van der Waals surface area (Å²) >= 11 is 0. The first-order chi connectivity index (χ1) is 14.1. The van der Waals surface area contributed by atoms with Crippen LogP contribution < -0.4 is 4.74 Å². The van der Waals surface area contributed by atoms with Gasteiger partial charge in [-0.1, -0.05) is 18.2 Å². The summed E-state index contributed by atoms with van der Waals surface area (Å²) in [4.78, 5) is 39.3. The first-order valence-corrected chi connectivity index (χ1v) is 9.78. The fourth-order valence-electron chi connectivity index (χ4n) is 3.60. The van der Waals surface area contributed by atoms with Crippen molar-refractivity contribution in [3.8, 4) is 5.75 Å². The minimum atomic E-state index is -0.901. The summed E-state index contributed by atoms with van der Waals surface area (Å²) in [6, 6.07) is 12.3. The Kier molecular flexibility index (Phi) is 6.69. The lowest BCUT2D eigenvalue weighted by atomic mass is 9.77. The first kappa shape index (κ1) is 20.6. The summed E-state index contributed by atoms with van der Waals surface area (Å²) in [7, 11) is 0. The normalized spacial score (nSPS) is 18.9. The molecule has 1 aliphatic heterocycles. The van der Waals surface area contributed by atoms with Crippen LogP contribution >= 0.6 is 0 Å². The highest BCUT2D eigenvalue weighted by atomic mass is 16.5. The van der Waals surface area contributed by atoms with Gasteiger partial charge in [0.1, 0.15) is 5.75 Å². The number of para-hydroxylation sites is 1. The average molecular weight is 399 g/mol. The molecule has 154 valence electrons. The van der Waals surface area contributed by atoms with Gasteiger partial charge >= 0.3 is 5.97 Å². The zero-order valence-corrected chi connectivity index (χ0v) is 16.5. The number of piperidine rings is 1. The quantitative estimate of drug-likeness (QED) is 0.385. The van der Waals surface area contributed by atoms with Crippen molar-refractivity contribution in [2.24, 2.45) is 5.41 Å². The van der Waals surface area contributed by atoms with Gasteiger partial charge in [-0.2, -0.15) is 0 Å². The highest BCUT2D eigenvalue weighted by Gasteiger charge is 2.45. The number of benzene rings is 1. The van der Waals surface area contributed by atoms with Gasteiger partial charge in [-0.15, -0.1) is 0 Å². The van der Waals surface area contributed by atoms with Crippen molar-refractivity contribution in [1.29, 1.82) is 0 Å². The van der Waals surface area contributed by atoms with E-state index in [1.807, 2.05) is 30.3 Å². The fraction of sp³-hybridized carbons (Fsp3) is 0.409. The van der Waals surface area contributed by atoms with Crippen molar-refractivity contribution in [1.82, 2.24) is 4.90 Å². The highest BCUT2D eigenvalue weighted by molar-refractivity contribution is 6.41. The molecular formula is C22H25NO6. The third-order valence-corrected chi connectivity index (χ3v) is 5.10. The first-order valence-electron chi connectivity index (χ1n) is 9.78. The molecule has 1 aromatic carbocycles. The predicted molar refractivity (Wildman–Crippen MR) is 104 cm³/mol. The number of hydrogen-bond donors (Lipinski definition) is 0. The molecule has 7 nitrogen and oxygen atoms in total. The molecule has 3 rings (SSSR count). The fourth-order valence-corrected chi connectivity index (χ4v) is 3.60. The van der Waals surface area contributed by atoms with E-state index in [9.17, 15) is 14.4 Å². The van der Waals surface area contributed by atoms with Crippen LogP contribution in [0.3, 0.4) is 0 Å². The van der Waals surface area contributed by atoms with E-state index in [-0.39, 0.29) is 24.9 Å². The third-order valence-electron chi connectivity index (χ3n) is 5.10. The van der Waals surface area contributed by atoms with E-state index < -0.39 is 17.1 Å². The molecule has 0 aliphatic carbocycles. The molecular weight excluding hydrogens is 374 g/mol. The van der Waals surface area contributed by atoms with Crippen LogP contribution in [0.2, 0.25) is 0 Å². The van der Waals surface area contributed by atoms with Crippen molar-refractivity contribution >= 4 is 17.7 Å². The number of esters is 1. The summed E-state index contributed by atoms with van der Waals surface area (Å²) in [5.41, 5.74) is -0.901. The van der Waals surface area contributed by atoms with Crippen LogP contribution in [-0.4, -0.2) is 48.9 Å². The summed E-state index contributed by atoms with van der Waals surface area (Å²) in [5.74, 6) is -1.04. The number of rotatable bonds is 8. The summed E-state index contributed by atoms with van der Waals surface area (Å²) < 4.78 is 16.1. The van der Waals surface area contributed by atoms with Gasteiger partial charge in [0.25, 0.3) is 11.7 Å². The van der Waals surface area contributed by atoms with Gasteiger partial charge in [-0.25, -0.2) is 0 Å². The summed E-state index contributed by atoms with van der Waals surface area (Å²) in [5, 5.41) is 0. The minimum Gasteiger partial charge on any atom is -0.494 e. The van der Waals surface area contributed by atoms with E-state index in [2.05, 4.69) is 0 Å². The number of Topliss-reactive ketones (excluding diaryl/α,β-unsaturated/α-hetero) is 1. The summed E-state index contributed by atoms with van der Waals surface area (Å²) in [6.45, 7) is 2.83. The highest BCUT2D eigenvalue weighted by Crippen LogP contribution is 2.35. The predicted octanol–water partition coefficient (Wildman–Crippen LogP) is 3.10. The number of ether oxygens (including phenoxy) is 2. The maximum Gasteiger partial charge on any atom is 0.314 e. The molecule has 1 unspecified atom stereocenters. The monoisotopic (exact) mass is 399 g/mol. The van der Waals surface area contributed by atoms with Crippen molar-refractivity contribution in [2.75, 3.05) is 26.3 Å². The second-order valence-corrected chi connectivity index (χ2v) is 7.05.